The number of piperidine rings is 1. The van der Waals surface area contributed by atoms with Gasteiger partial charge in [-0.3, -0.25) is 0 Å². The smallest absolute Gasteiger partial charge is 0.0775 e. The first kappa shape index (κ1) is 15.3. The zero-order valence-electron chi connectivity index (χ0n) is 13.9. The van der Waals surface area contributed by atoms with Gasteiger partial charge >= 0.3 is 0 Å². The van der Waals surface area contributed by atoms with Gasteiger partial charge in [-0.1, -0.05) is 49.1 Å². The molecule has 2 atom stereocenters. The van der Waals surface area contributed by atoms with E-state index in [1.807, 2.05) is 0 Å². The van der Waals surface area contributed by atoms with Gasteiger partial charge in [0.1, 0.15) is 0 Å². The summed E-state index contributed by atoms with van der Waals surface area (Å²) >= 11 is 0. The van der Waals surface area contributed by atoms with Crippen molar-refractivity contribution in [3.63, 3.8) is 0 Å². The van der Waals surface area contributed by atoms with Crippen molar-refractivity contribution < 1.29 is 0 Å². The second-order valence-electron chi connectivity index (χ2n) is 7.88. The van der Waals surface area contributed by atoms with Gasteiger partial charge in [0.05, 0.1) is 8.07 Å². The largest absolute Gasteiger partial charge is 0.310 e. The predicted molar refractivity (Wildman–Crippen MR) is 93.9 cm³/mol. The maximum atomic E-state index is 3.79. The molecule has 1 aromatic rings. The molecular weight excluding hydrogens is 272 g/mol. The van der Waals surface area contributed by atoms with Gasteiger partial charge < -0.3 is 10.2 Å². The molecule has 1 N–H and O–H groups in total. The molecule has 0 bridgehead atoms. The number of hydrogen-bond donors (Lipinski definition) is 1. The number of benzene rings is 1. The van der Waals surface area contributed by atoms with E-state index in [4.69, 9.17) is 0 Å². The highest BCUT2D eigenvalue weighted by atomic mass is 28.3. The molecule has 3 rings (SSSR count). The van der Waals surface area contributed by atoms with Gasteiger partial charge in [-0.2, -0.15) is 0 Å². The van der Waals surface area contributed by atoms with E-state index in [0.717, 1.165) is 18.6 Å². The zero-order chi connectivity index (χ0) is 14.9. The van der Waals surface area contributed by atoms with E-state index < -0.39 is 8.07 Å². The van der Waals surface area contributed by atoms with Crippen LogP contribution in [0.1, 0.15) is 31.2 Å². The summed E-state index contributed by atoms with van der Waals surface area (Å²) in [7, 11) is -1.15. The lowest BCUT2D eigenvalue weighted by molar-refractivity contribution is 0.166. The highest BCUT2D eigenvalue weighted by Crippen LogP contribution is 2.26. The third-order valence-electron chi connectivity index (χ3n) is 5.24. The lowest BCUT2D eigenvalue weighted by Crippen LogP contribution is -2.45. The monoisotopic (exact) mass is 302 g/mol. The number of nitrogens with one attached hydrogen (secondary N) is 1. The van der Waals surface area contributed by atoms with Crippen molar-refractivity contribution in [2.75, 3.05) is 13.1 Å². The van der Waals surface area contributed by atoms with Gasteiger partial charge in [-0.15, -0.1) is 0 Å². The SMILES string of the molecule is C[Si](C)(C)c1ccc(CNC2CCN3CCCC3C2)cc1. The Morgan fingerprint density at radius 2 is 1.86 bits per heavy atom. The van der Waals surface area contributed by atoms with Crippen molar-refractivity contribution in [3.8, 4) is 0 Å². The highest BCUT2D eigenvalue weighted by molar-refractivity contribution is 6.88. The van der Waals surface area contributed by atoms with Crippen molar-refractivity contribution in [1.82, 2.24) is 10.2 Å². The average molecular weight is 303 g/mol. The zero-order valence-corrected chi connectivity index (χ0v) is 14.9. The fraction of sp³-hybridized carbons (Fsp3) is 0.667. The minimum atomic E-state index is -1.15. The van der Waals surface area contributed by atoms with Crippen LogP contribution in [0.25, 0.3) is 0 Å². The summed E-state index contributed by atoms with van der Waals surface area (Å²) in [6, 6.07) is 10.9. The van der Waals surface area contributed by atoms with Gasteiger partial charge in [0, 0.05) is 18.6 Å². The molecular formula is C18H30N2Si. The van der Waals surface area contributed by atoms with E-state index in [0.29, 0.717) is 0 Å². The fourth-order valence-corrected chi connectivity index (χ4v) is 4.96. The van der Waals surface area contributed by atoms with Gasteiger partial charge in [-0.05, 0) is 44.3 Å². The molecule has 0 aromatic heterocycles. The molecule has 2 saturated heterocycles. The molecule has 21 heavy (non-hydrogen) atoms. The Morgan fingerprint density at radius 3 is 2.57 bits per heavy atom. The number of nitrogens with zero attached hydrogens (tertiary/aromatic N) is 1. The first-order chi connectivity index (χ1) is 10.0. The molecule has 0 amide bonds. The highest BCUT2D eigenvalue weighted by Gasteiger charge is 2.31. The Bertz CT molecular complexity index is 463. The van der Waals surface area contributed by atoms with Crippen LogP contribution in [-0.2, 0) is 6.54 Å². The Labute approximate surface area is 130 Å². The van der Waals surface area contributed by atoms with E-state index in [-0.39, 0.29) is 0 Å². The molecule has 116 valence electrons. The van der Waals surface area contributed by atoms with Crippen molar-refractivity contribution >= 4 is 13.3 Å². The van der Waals surface area contributed by atoms with E-state index in [1.165, 1.54) is 44.3 Å². The summed E-state index contributed by atoms with van der Waals surface area (Å²) in [5.41, 5.74) is 1.44. The molecule has 0 radical (unpaired) electrons. The van der Waals surface area contributed by atoms with Crippen LogP contribution in [-0.4, -0.2) is 38.1 Å². The normalized spacial score (nSPS) is 26.8. The van der Waals surface area contributed by atoms with Crippen LogP contribution in [0.3, 0.4) is 0 Å². The molecule has 2 nitrogen and oxygen atoms in total. The maximum absolute atomic E-state index is 3.79. The van der Waals surface area contributed by atoms with Crippen LogP contribution in [0.15, 0.2) is 24.3 Å². The standard InChI is InChI=1S/C18H30N2Si/c1-21(2,3)18-8-6-15(7-9-18)14-19-16-10-12-20-11-4-5-17(20)13-16/h6-9,16-17,19H,4-5,10-14H2,1-3H3. The van der Waals surface area contributed by atoms with Crippen LogP contribution in [0.5, 0.6) is 0 Å². The first-order valence-electron chi connectivity index (χ1n) is 8.59. The van der Waals surface area contributed by atoms with Crippen LogP contribution in [0, 0.1) is 0 Å². The summed E-state index contributed by atoms with van der Waals surface area (Å²) < 4.78 is 0. The predicted octanol–water partition coefficient (Wildman–Crippen LogP) is 2.95. The second-order valence-corrected chi connectivity index (χ2v) is 13.0. The molecule has 2 aliphatic heterocycles. The van der Waals surface area contributed by atoms with Gasteiger partial charge in [0.15, 0.2) is 0 Å². The third-order valence-corrected chi connectivity index (χ3v) is 7.30. The summed E-state index contributed by atoms with van der Waals surface area (Å²) in [6.45, 7) is 10.9. The first-order valence-corrected chi connectivity index (χ1v) is 12.1. The molecule has 2 aliphatic rings. The Kier molecular flexibility index (Phi) is 4.53. The van der Waals surface area contributed by atoms with Crippen molar-refractivity contribution in [2.45, 2.75) is 64.0 Å². The Hall–Kier alpha value is -0.643. The maximum Gasteiger partial charge on any atom is 0.0775 e. The third kappa shape index (κ3) is 3.76. The summed E-state index contributed by atoms with van der Waals surface area (Å²) in [4.78, 5) is 2.70. The second kappa shape index (κ2) is 6.23. The number of rotatable bonds is 4. The summed E-state index contributed by atoms with van der Waals surface area (Å²) in [6.07, 6.45) is 5.51. The molecule has 2 heterocycles. The van der Waals surface area contributed by atoms with Gasteiger partial charge in [0.25, 0.3) is 0 Å². The Balaban J connectivity index is 1.51. The van der Waals surface area contributed by atoms with Crippen LogP contribution in [0.4, 0.5) is 0 Å². The minimum Gasteiger partial charge on any atom is -0.310 e. The molecule has 0 spiro atoms. The fourth-order valence-electron chi connectivity index (χ4n) is 3.79. The van der Waals surface area contributed by atoms with E-state index in [2.05, 4.69) is 54.1 Å². The number of fused-ring (bicyclic) bond motifs is 1. The minimum absolute atomic E-state index is 0.723. The average Bonchev–Trinajstić information content (AvgIpc) is 2.92. The van der Waals surface area contributed by atoms with E-state index in [9.17, 15) is 0 Å². The van der Waals surface area contributed by atoms with Crippen LogP contribution < -0.4 is 10.5 Å². The lowest BCUT2D eigenvalue weighted by atomic mass is 9.97. The van der Waals surface area contributed by atoms with Gasteiger partial charge in [0.2, 0.25) is 0 Å². The summed E-state index contributed by atoms with van der Waals surface area (Å²) in [5, 5.41) is 5.35. The molecule has 0 saturated carbocycles. The van der Waals surface area contributed by atoms with Crippen molar-refractivity contribution in [2.24, 2.45) is 0 Å². The van der Waals surface area contributed by atoms with Crippen molar-refractivity contribution in [1.29, 1.82) is 0 Å². The van der Waals surface area contributed by atoms with Crippen molar-refractivity contribution in [3.05, 3.63) is 29.8 Å². The van der Waals surface area contributed by atoms with Gasteiger partial charge in [-0.25, -0.2) is 0 Å². The van der Waals surface area contributed by atoms with E-state index in [1.54, 1.807) is 5.19 Å². The lowest BCUT2D eigenvalue weighted by Gasteiger charge is -2.35. The summed E-state index contributed by atoms with van der Waals surface area (Å²) in [5.74, 6) is 0. The quantitative estimate of drug-likeness (QED) is 0.860. The molecule has 3 heteroatoms. The number of hydrogen-bond acceptors (Lipinski definition) is 2. The molecule has 1 aromatic carbocycles. The molecule has 0 aliphatic carbocycles. The van der Waals surface area contributed by atoms with E-state index >= 15 is 0 Å². The van der Waals surface area contributed by atoms with Crippen LogP contribution >= 0.6 is 0 Å². The van der Waals surface area contributed by atoms with Crippen LogP contribution in [0.2, 0.25) is 19.6 Å². The molecule has 2 fully saturated rings. The topological polar surface area (TPSA) is 15.3 Å². The molecule has 2 unspecified atom stereocenters. The Morgan fingerprint density at radius 1 is 1.10 bits per heavy atom.